The van der Waals surface area contributed by atoms with Crippen molar-refractivity contribution in [2.24, 2.45) is 0 Å². The highest BCUT2D eigenvalue weighted by Gasteiger charge is 2.18. The van der Waals surface area contributed by atoms with E-state index in [0.717, 1.165) is 66.8 Å². The number of nitrogens with zero attached hydrogens (tertiary/aromatic N) is 3. The molecule has 0 saturated heterocycles. The fourth-order valence-corrected chi connectivity index (χ4v) is 9.24. The number of pyridine rings is 1. The zero-order chi connectivity index (χ0) is 39.6. The van der Waals surface area contributed by atoms with Crippen molar-refractivity contribution in [1.82, 2.24) is 15.0 Å². The van der Waals surface area contributed by atoms with Crippen molar-refractivity contribution in [1.29, 1.82) is 0 Å². The standard InChI is InChI=1S/C57H35N3/c1-3-20-42-37(14-1)16-12-27-46(42)52-35-53(47-28-13-17-38-15-2-4-21-43(38)47)60-57(59-52)41-19-11-18-40(34-41)36-30-32-39(33-31-36)56-55-49-25-8-6-23-45(49)44-22-5-7-24-48(44)54(55)50-26-9-10-29-51(50)58-56/h1-35H. The van der Waals surface area contributed by atoms with Crippen LogP contribution in [0.1, 0.15) is 0 Å². The molecule has 2 aromatic heterocycles. The SMILES string of the molecule is c1cc(-c2ccc(-c3nc4ccccc4c4c5ccccc5c5ccccc5c34)cc2)cc(-c2nc(-c3cccc4ccccc34)cc(-c3cccc4ccccc34)n2)c1. The van der Waals surface area contributed by atoms with Crippen molar-refractivity contribution in [3.05, 3.63) is 212 Å². The van der Waals surface area contributed by atoms with E-state index in [4.69, 9.17) is 15.0 Å². The lowest BCUT2D eigenvalue weighted by Gasteiger charge is -2.16. The first-order chi connectivity index (χ1) is 29.7. The molecule has 12 rings (SSSR count). The van der Waals surface area contributed by atoms with Gasteiger partial charge >= 0.3 is 0 Å². The number of aromatic nitrogens is 3. The van der Waals surface area contributed by atoms with Gasteiger partial charge in [0.1, 0.15) is 0 Å². The summed E-state index contributed by atoms with van der Waals surface area (Å²) in [6, 6.07) is 75.6. The quantitative estimate of drug-likeness (QED) is 0.164. The van der Waals surface area contributed by atoms with E-state index in [9.17, 15) is 0 Å². The van der Waals surface area contributed by atoms with E-state index in [1.807, 2.05) is 0 Å². The van der Waals surface area contributed by atoms with Crippen LogP contribution >= 0.6 is 0 Å². The van der Waals surface area contributed by atoms with Crippen LogP contribution in [-0.4, -0.2) is 15.0 Å². The molecule has 0 radical (unpaired) electrons. The molecule has 60 heavy (non-hydrogen) atoms. The van der Waals surface area contributed by atoms with Crippen molar-refractivity contribution in [2.75, 3.05) is 0 Å². The van der Waals surface area contributed by atoms with Crippen LogP contribution in [0.2, 0.25) is 0 Å². The molecule has 0 N–H and O–H groups in total. The second-order valence-corrected chi connectivity index (χ2v) is 15.5. The van der Waals surface area contributed by atoms with Gasteiger partial charge in [0.05, 0.1) is 22.6 Å². The highest BCUT2D eigenvalue weighted by molar-refractivity contribution is 6.33. The van der Waals surface area contributed by atoms with Gasteiger partial charge in [-0.2, -0.15) is 0 Å². The third-order valence-corrected chi connectivity index (χ3v) is 12.0. The van der Waals surface area contributed by atoms with Gasteiger partial charge in [-0.15, -0.1) is 0 Å². The Labute approximate surface area is 346 Å². The van der Waals surface area contributed by atoms with Crippen molar-refractivity contribution >= 4 is 64.8 Å². The van der Waals surface area contributed by atoms with Crippen LogP contribution < -0.4 is 0 Å². The predicted octanol–water partition coefficient (Wildman–Crippen LogP) is 15.1. The molecule has 0 amide bonds. The molecule has 0 atom stereocenters. The fraction of sp³-hybridized carbons (Fsp3) is 0. The number of rotatable bonds is 5. The largest absolute Gasteiger partial charge is 0.247 e. The summed E-state index contributed by atoms with van der Waals surface area (Å²) in [5, 5.41) is 13.2. The molecule has 0 saturated carbocycles. The molecule has 0 bridgehead atoms. The van der Waals surface area contributed by atoms with Gasteiger partial charge in [-0.1, -0.05) is 194 Å². The Morgan fingerprint density at radius 3 is 1.37 bits per heavy atom. The van der Waals surface area contributed by atoms with Crippen molar-refractivity contribution < 1.29 is 0 Å². The third-order valence-electron chi connectivity index (χ3n) is 12.0. The van der Waals surface area contributed by atoms with Crippen LogP contribution in [-0.2, 0) is 0 Å². The summed E-state index contributed by atoms with van der Waals surface area (Å²) in [5.74, 6) is 0.688. The second kappa shape index (κ2) is 13.8. The van der Waals surface area contributed by atoms with Crippen LogP contribution in [0.4, 0.5) is 0 Å². The predicted molar refractivity (Wildman–Crippen MR) is 252 cm³/mol. The number of benzene rings is 10. The van der Waals surface area contributed by atoms with Gasteiger partial charge in [-0.3, -0.25) is 0 Å². The first-order valence-corrected chi connectivity index (χ1v) is 20.4. The van der Waals surface area contributed by atoms with E-state index in [-0.39, 0.29) is 0 Å². The monoisotopic (exact) mass is 761 g/mol. The number of fused-ring (bicyclic) bond motifs is 10. The zero-order valence-electron chi connectivity index (χ0n) is 32.5. The molecule has 0 fully saturated rings. The molecule has 278 valence electrons. The Morgan fingerprint density at radius 1 is 0.267 bits per heavy atom. The summed E-state index contributed by atoms with van der Waals surface area (Å²) in [6.07, 6.45) is 0. The minimum atomic E-state index is 0.688. The van der Waals surface area contributed by atoms with Crippen molar-refractivity contribution in [3.8, 4) is 56.3 Å². The Bertz CT molecular complexity index is 3550. The van der Waals surface area contributed by atoms with Gasteiger partial charge in [0.25, 0.3) is 0 Å². The van der Waals surface area contributed by atoms with Gasteiger partial charge in [0, 0.05) is 38.4 Å². The highest BCUT2D eigenvalue weighted by Crippen LogP contribution is 2.43. The first kappa shape index (κ1) is 34.1. The summed E-state index contributed by atoms with van der Waals surface area (Å²) < 4.78 is 0. The van der Waals surface area contributed by atoms with E-state index < -0.39 is 0 Å². The van der Waals surface area contributed by atoms with Crippen LogP contribution in [0.5, 0.6) is 0 Å². The lowest BCUT2D eigenvalue weighted by molar-refractivity contribution is 1.19. The number of para-hydroxylation sites is 1. The molecular weight excluding hydrogens is 727 g/mol. The van der Waals surface area contributed by atoms with Crippen molar-refractivity contribution in [3.63, 3.8) is 0 Å². The summed E-state index contributed by atoms with van der Waals surface area (Å²) in [4.78, 5) is 16.0. The Morgan fingerprint density at radius 2 is 0.733 bits per heavy atom. The van der Waals surface area contributed by atoms with Crippen LogP contribution in [0, 0.1) is 0 Å². The number of hydrogen-bond donors (Lipinski definition) is 0. The maximum atomic E-state index is 5.37. The molecule has 0 aliphatic carbocycles. The van der Waals surface area contributed by atoms with Crippen LogP contribution in [0.25, 0.3) is 121 Å². The van der Waals surface area contributed by atoms with Gasteiger partial charge in [-0.05, 0) is 72.4 Å². The van der Waals surface area contributed by atoms with Crippen molar-refractivity contribution in [2.45, 2.75) is 0 Å². The van der Waals surface area contributed by atoms with E-state index in [1.165, 1.54) is 48.5 Å². The molecular formula is C57H35N3. The molecule has 10 aromatic carbocycles. The minimum absolute atomic E-state index is 0.688. The van der Waals surface area contributed by atoms with Gasteiger partial charge < -0.3 is 0 Å². The van der Waals surface area contributed by atoms with E-state index in [0.29, 0.717) is 5.82 Å². The average molecular weight is 762 g/mol. The van der Waals surface area contributed by atoms with E-state index in [2.05, 4.69) is 212 Å². The zero-order valence-corrected chi connectivity index (χ0v) is 32.5. The fourth-order valence-electron chi connectivity index (χ4n) is 9.24. The van der Waals surface area contributed by atoms with Crippen LogP contribution in [0.15, 0.2) is 212 Å². The summed E-state index contributed by atoms with van der Waals surface area (Å²) >= 11 is 0. The molecule has 3 nitrogen and oxygen atoms in total. The molecule has 0 aliphatic rings. The molecule has 0 spiro atoms. The molecule has 0 unspecified atom stereocenters. The second-order valence-electron chi connectivity index (χ2n) is 15.5. The summed E-state index contributed by atoms with van der Waals surface area (Å²) in [6.45, 7) is 0. The van der Waals surface area contributed by atoms with E-state index >= 15 is 0 Å². The van der Waals surface area contributed by atoms with Gasteiger partial charge in [-0.25, -0.2) is 15.0 Å². The topological polar surface area (TPSA) is 38.7 Å². The summed E-state index contributed by atoms with van der Waals surface area (Å²) in [5.41, 5.74) is 10.2. The highest BCUT2D eigenvalue weighted by atomic mass is 14.9. The summed E-state index contributed by atoms with van der Waals surface area (Å²) in [7, 11) is 0. The normalized spacial score (nSPS) is 11.7. The smallest absolute Gasteiger partial charge is 0.160 e. The molecule has 12 aromatic rings. The molecule has 3 heteroatoms. The Hall–Kier alpha value is -8.01. The third kappa shape index (κ3) is 5.55. The lowest BCUT2D eigenvalue weighted by Crippen LogP contribution is -1.97. The Kier molecular flexibility index (Phi) is 7.85. The van der Waals surface area contributed by atoms with Crippen LogP contribution in [0.3, 0.4) is 0 Å². The van der Waals surface area contributed by atoms with E-state index in [1.54, 1.807) is 0 Å². The molecule has 0 aliphatic heterocycles. The lowest BCUT2D eigenvalue weighted by atomic mass is 9.89. The molecule has 2 heterocycles. The van der Waals surface area contributed by atoms with Gasteiger partial charge in [0.15, 0.2) is 5.82 Å². The maximum absolute atomic E-state index is 5.37. The first-order valence-electron chi connectivity index (χ1n) is 20.4. The van der Waals surface area contributed by atoms with Gasteiger partial charge in [0.2, 0.25) is 0 Å². The Balaban J connectivity index is 1.00. The average Bonchev–Trinajstić information content (AvgIpc) is 3.33. The maximum Gasteiger partial charge on any atom is 0.160 e. The number of hydrogen-bond acceptors (Lipinski definition) is 3. The minimum Gasteiger partial charge on any atom is -0.247 e.